The van der Waals surface area contributed by atoms with E-state index in [9.17, 15) is 9.90 Å². The lowest BCUT2D eigenvalue weighted by atomic mass is 10.0. The van der Waals surface area contributed by atoms with Gasteiger partial charge in [-0.15, -0.1) is 10.2 Å². The number of hydrogen-bond acceptors (Lipinski definition) is 5. The van der Waals surface area contributed by atoms with E-state index in [1.807, 2.05) is 6.07 Å². The number of aromatic hydroxyl groups is 1. The molecule has 140 valence electrons. The van der Waals surface area contributed by atoms with Crippen LogP contribution >= 0.6 is 0 Å². The van der Waals surface area contributed by atoms with Crippen LogP contribution in [0.2, 0.25) is 0 Å². The van der Waals surface area contributed by atoms with Crippen molar-refractivity contribution in [3.8, 4) is 5.75 Å². The molecule has 7 heteroatoms. The molecular weight excluding hydrogens is 330 g/mol. The summed E-state index contributed by atoms with van der Waals surface area (Å²) < 4.78 is 2.14. The first-order valence-electron chi connectivity index (χ1n) is 9.23. The topological polar surface area (TPSA) is 92.1 Å². The van der Waals surface area contributed by atoms with Crippen LogP contribution in [-0.4, -0.2) is 38.9 Å². The quantitative estimate of drug-likeness (QED) is 0.730. The molecule has 1 unspecified atom stereocenters. The summed E-state index contributed by atoms with van der Waals surface area (Å²) in [5.74, 6) is 2.32. The summed E-state index contributed by atoms with van der Waals surface area (Å²) in [6.07, 6.45) is 1.88. The molecule has 0 radical (unpaired) electrons. The third-order valence-electron chi connectivity index (χ3n) is 4.52. The fourth-order valence-corrected chi connectivity index (χ4v) is 3.35. The number of nitrogens with zero attached hydrogens (tertiary/aromatic N) is 3. The normalized spacial score (nSPS) is 15.3. The van der Waals surface area contributed by atoms with Gasteiger partial charge in [0, 0.05) is 26.1 Å². The van der Waals surface area contributed by atoms with Crippen molar-refractivity contribution in [2.24, 2.45) is 5.92 Å². The Morgan fingerprint density at radius 1 is 1.35 bits per heavy atom. The molecule has 1 aromatic carbocycles. The first-order valence-corrected chi connectivity index (χ1v) is 9.23. The molecule has 1 atom stereocenters. The van der Waals surface area contributed by atoms with Crippen LogP contribution in [0.15, 0.2) is 24.3 Å². The zero-order valence-corrected chi connectivity index (χ0v) is 15.4. The third-order valence-corrected chi connectivity index (χ3v) is 4.52. The number of amides is 1. The molecular formula is C19H27N5O2. The summed E-state index contributed by atoms with van der Waals surface area (Å²) in [7, 11) is 0. The van der Waals surface area contributed by atoms with Crippen molar-refractivity contribution in [2.75, 3.05) is 13.1 Å². The van der Waals surface area contributed by atoms with Crippen LogP contribution in [0, 0.1) is 5.92 Å². The number of rotatable bonds is 6. The Morgan fingerprint density at radius 3 is 2.96 bits per heavy atom. The zero-order valence-electron chi connectivity index (χ0n) is 15.4. The number of phenols is 1. The Kier molecular flexibility index (Phi) is 5.88. The Balaban J connectivity index is 1.76. The van der Waals surface area contributed by atoms with E-state index in [4.69, 9.17) is 0 Å². The molecule has 0 saturated heterocycles. The van der Waals surface area contributed by atoms with Gasteiger partial charge in [-0.3, -0.25) is 4.79 Å². The van der Waals surface area contributed by atoms with Crippen LogP contribution in [0.1, 0.15) is 43.5 Å². The van der Waals surface area contributed by atoms with E-state index >= 15 is 0 Å². The smallest absolute Gasteiger partial charge is 0.225 e. The molecule has 0 saturated carbocycles. The van der Waals surface area contributed by atoms with Gasteiger partial charge in [0.05, 0.1) is 12.5 Å². The Bertz CT molecular complexity index is 756. The molecule has 2 aromatic rings. The van der Waals surface area contributed by atoms with E-state index in [1.54, 1.807) is 18.2 Å². The van der Waals surface area contributed by atoms with Crippen LogP contribution in [0.25, 0.3) is 0 Å². The highest BCUT2D eigenvalue weighted by Crippen LogP contribution is 2.22. The molecule has 1 aromatic heterocycles. The van der Waals surface area contributed by atoms with Crippen LogP contribution in [-0.2, 0) is 24.2 Å². The fraction of sp³-hybridized carbons (Fsp3) is 0.526. The van der Waals surface area contributed by atoms with E-state index < -0.39 is 0 Å². The second kappa shape index (κ2) is 8.31. The highest BCUT2D eigenvalue weighted by molar-refractivity contribution is 5.79. The summed E-state index contributed by atoms with van der Waals surface area (Å²) in [5, 5.41) is 24.8. The van der Waals surface area contributed by atoms with E-state index in [0.717, 1.165) is 49.7 Å². The first kappa shape index (κ1) is 18.4. The first-order chi connectivity index (χ1) is 12.5. The summed E-state index contributed by atoms with van der Waals surface area (Å²) >= 11 is 0. The Morgan fingerprint density at radius 2 is 2.19 bits per heavy atom. The predicted octanol–water partition coefficient (Wildman–Crippen LogP) is 1.58. The summed E-state index contributed by atoms with van der Waals surface area (Å²) in [5.41, 5.74) is 0.787. The molecule has 0 aliphatic carbocycles. The van der Waals surface area contributed by atoms with Gasteiger partial charge < -0.3 is 20.3 Å². The van der Waals surface area contributed by atoms with Crippen LogP contribution < -0.4 is 10.6 Å². The molecule has 7 nitrogen and oxygen atoms in total. The highest BCUT2D eigenvalue weighted by atomic mass is 16.3. The number of hydrogen-bond donors (Lipinski definition) is 3. The van der Waals surface area contributed by atoms with Gasteiger partial charge in [0.1, 0.15) is 11.6 Å². The lowest BCUT2D eigenvalue weighted by Crippen LogP contribution is -2.33. The molecule has 0 bridgehead atoms. The molecule has 0 fully saturated rings. The van der Waals surface area contributed by atoms with Gasteiger partial charge in [0.25, 0.3) is 0 Å². The SMILES string of the molecule is CC(C)CC(NC(=O)Cc1cccc(O)c1)c1nnc2n1CCNCC2. The maximum absolute atomic E-state index is 12.6. The highest BCUT2D eigenvalue weighted by Gasteiger charge is 2.24. The van der Waals surface area contributed by atoms with Gasteiger partial charge in [-0.25, -0.2) is 0 Å². The fourth-order valence-electron chi connectivity index (χ4n) is 3.35. The summed E-state index contributed by atoms with van der Waals surface area (Å²) in [6, 6.07) is 6.63. The van der Waals surface area contributed by atoms with Crippen molar-refractivity contribution in [3.05, 3.63) is 41.5 Å². The van der Waals surface area contributed by atoms with Gasteiger partial charge in [0.2, 0.25) is 5.91 Å². The minimum absolute atomic E-state index is 0.0784. The molecule has 3 rings (SSSR count). The van der Waals surface area contributed by atoms with Gasteiger partial charge in [-0.05, 0) is 30.0 Å². The Labute approximate surface area is 153 Å². The lowest BCUT2D eigenvalue weighted by Gasteiger charge is -2.21. The van der Waals surface area contributed by atoms with Crippen molar-refractivity contribution in [2.45, 2.75) is 45.7 Å². The maximum atomic E-state index is 12.6. The summed E-state index contributed by atoms with van der Waals surface area (Å²) in [6.45, 7) is 6.86. The third kappa shape index (κ3) is 4.60. The lowest BCUT2D eigenvalue weighted by molar-refractivity contribution is -0.121. The molecule has 1 aliphatic heterocycles. The van der Waals surface area contributed by atoms with Crippen molar-refractivity contribution < 1.29 is 9.90 Å². The molecule has 1 amide bonds. The summed E-state index contributed by atoms with van der Waals surface area (Å²) in [4.78, 5) is 12.6. The molecule has 26 heavy (non-hydrogen) atoms. The largest absolute Gasteiger partial charge is 0.508 e. The minimum Gasteiger partial charge on any atom is -0.508 e. The van der Waals surface area contributed by atoms with Crippen molar-refractivity contribution in [1.29, 1.82) is 0 Å². The van der Waals surface area contributed by atoms with Gasteiger partial charge in [0.15, 0.2) is 5.82 Å². The Hall–Kier alpha value is -2.41. The molecule has 3 N–H and O–H groups in total. The molecule has 1 aliphatic rings. The zero-order chi connectivity index (χ0) is 18.5. The van der Waals surface area contributed by atoms with Crippen LogP contribution in [0.5, 0.6) is 5.75 Å². The number of benzene rings is 1. The van der Waals surface area contributed by atoms with Crippen molar-refractivity contribution in [3.63, 3.8) is 0 Å². The number of carbonyl (C=O) groups excluding carboxylic acids is 1. The van der Waals surface area contributed by atoms with E-state index in [1.165, 1.54) is 0 Å². The van der Waals surface area contributed by atoms with Gasteiger partial charge in [-0.1, -0.05) is 26.0 Å². The average Bonchev–Trinajstić information content (AvgIpc) is 2.82. The van der Waals surface area contributed by atoms with Gasteiger partial charge >= 0.3 is 0 Å². The van der Waals surface area contributed by atoms with Crippen molar-refractivity contribution in [1.82, 2.24) is 25.4 Å². The second-order valence-electron chi connectivity index (χ2n) is 7.22. The number of aromatic nitrogens is 3. The van der Waals surface area contributed by atoms with Crippen LogP contribution in [0.4, 0.5) is 0 Å². The van der Waals surface area contributed by atoms with Crippen LogP contribution in [0.3, 0.4) is 0 Å². The second-order valence-corrected chi connectivity index (χ2v) is 7.22. The van der Waals surface area contributed by atoms with Gasteiger partial charge in [-0.2, -0.15) is 0 Å². The van der Waals surface area contributed by atoms with E-state index in [2.05, 4.69) is 39.2 Å². The minimum atomic E-state index is -0.167. The van der Waals surface area contributed by atoms with E-state index in [-0.39, 0.29) is 24.1 Å². The number of carbonyl (C=O) groups is 1. The maximum Gasteiger partial charge on any atom is 0.225 e. The number of nitrogens with one attached hydrogen (secondary N) is 2. The van der Waals surface area contributed by atoms with E-state index in [0.29, 0.717) is 5.92 Å². The average molecular weight is 357 g/mol. The number of fused-ring (bicyclic) bond motifs is 1. The molecule has 2 heterocycles. The standard InChI is InChI=1S/C19H27N5O2/c1-13(2)10-16(19-23-22-17-6-7-20-8-9-24(17)19)21-18(26)12-14-4-3-5-15(25)11-14/h3-5,11,13,16,20,25H,6-10,12H2,1-2H3,(H,21,26). The monoisotopic (exact) mass is 357 g/mol. The van der Waals surface area contributed by atoms with Crippen molar-refractivity contribution >= 4 is 5.91 Å². The predicted molar refractivity (Wildman–Crippen MR) is 98.7 cm³/mol. The molecule has 0 spiro atoms. The number of phenolic OH excluding ortho intramolecular Hbond substituents is 1.